The number of nitrogens with one attached hydrogen (secondary N) is 1. The number of tetrazole rings is 1. The molecule has 1 N–H and O–H groups in total. The molecule has 1 aliphatic heterocycles. The van der Waals surface area contributed by atoms with Gasteiger partial charge in [0.05, 0.1) is 30.4 Å². The number of hydrogen-bond acceptors (Lipinski definition) is 7. The third-order valence-corrected chi connectivity index (χ3v) is 6.26. The lowest BCUT2D eigenvalue weighted by molar-refractivity contribution is -0.124. The lowest BCUT2D eigenvalue weighted by Gasteiger charge is -2.23. The molecule has 37 heavy (non-hydrogen) atoms. The van der Waals surface area contributed by atoms with Gasteiger partial charge in [-0.25, -0.2) is 4.98 Å². The lowest BCUT2D eigenvalue weighted by Crippen LogP contribution is -2.26. The molecule has 0 saturated carbocycles. The average Bonchev–Trinajstić information content (AvgIpc) is 3.33. The third kappa shape index (κ3) is 4.04. The Morgan fingerprint density at radius 2 is 1.81 bits per heavy atom. The number of anilines is 3. The lowest BCUT2D eigenvalue weighted by atomic mass is 10.1. The summed E-state index contributed by atoms with van der Waals surface area (Å²) in [5.74, 6) is 1.12. The Morgan fingerprint density at radius 1 is 0.973 bits per heavy atom. The summed E-state index contributed by atoms with van der Waals surface area (Å²) in [4.78, 5) is 31.7. The molecule has 2 aromatic heterocycles. The van der Waals surface area contributed by atoms with Crippen molar-refractivity contribution in [2.75, 3.05) is 17.3 Å². The van der Waals surface area contributed by atoms with E-state index in [9.17, 15) is 9.59 Å². The Hall–Kier alpha value is -5.12. The topological polar surface area (TPSA) is 115 Å². The molecule has 6 rings (SSSR count). The predicted octanol–water partition coefficient (Wildman–Crippen LogP) is 3.82. The van der Waals surface area contributed by atoms with Crippen LogP contribution in [0.3, 0.4) is 0 Å². The van der Waals surface area contributed by atoms with Crippen LogP contribution in [0.5, 0.6) is 5.75 Å². The molecule has 10 heteroatoms. The van der Waals surface area contributed by atoms with E-state index in [1.54, 1.807) is 30.1 Å². The maximum Gasteiger partial charge on any atom is 0.241 e. The van der Waals surface area contributed by atoms with Crippen molar-refractivity contribution in [3.8, 4) is 11.6 Å². The number of amides is 2. The smallest absolute Gasteiger partial charge is 0.241 e. The van der Waals surface area contributed by atoms with E-state index >= 15 is 0 Å². The molecule has 0 fully saturated rings. The van der Waals surface area contributed by atoms with E-state index in [-0.39, 0.29) is 18.2 Å². The van der Waals surface area contributed by atoms with Crippen LogP contribution in [-0.2, 0) is 16.0 Å². The molecule has 0 atom stereocenters. The highest BCUT2D eigenvalue weighted by Crippen LogP contribution is 2.39. The fourth-order valence-electron chi connectivity index (χ4n) is 4.54. The van der Waals surface area contributed by atoms with Crippen LogP contribution in [0, 0.1) is 0 Å². The summed E-state index contributed by atoms with van der Waals surface area (Å²) in [5.41, 5.74) is 2.65. The van der Waals surface area contributed by atoms with Gasteiger partial charge >= 0.3 is 0 Å². The first kappa shape index (κ1) is 22.4. The van der Waals surface area contributed by atoms with E-state index in [0.717, 1.165) is 22.1 Å². The maximum absolute atomic E-state index is 13.1. The van der Waals surface area contributed by atoms with Gasteiger partial charge in [0, 0.05) is 17.4 Å². The van der Waals surface area contributed by atoms with Crippen molar-refractivity contribution in [2.45, 2.75) is 12.8 Å². The van der Waals surface area contributed by atoms with E-state index in [1.807, 2.05) is 60.7 Å². The second-order valence-corrected chi connectivity index (χ2v) is 8.51. The molecule has 3 aromatic carbocycles. The minimum Gasteiger partial charge on any atom is -0.496 e. The largest absolute Gasteiger partial charge is 0.496 e. The van der Waals surface area contributed by atoms with Crippen molar-refractivity contribution in [1.29, 1.82) is 0 Å². The van der Waals surface area contributed by atoms with E-state index in [2.05, 4.69) is 25.8 Å². The Balaban J connectivity index is 1.37. The average molecular weight is 492 g/mol. The first-order valence-corrected chi connectivity index (χ1v) is 11.6. The Bertz CT molecular complexity index is 1650. The van der Waals surface area contributed by atoms with Gasteiger partial charge in [-0.3, -0.25) is 14.5 Å². The molecule has 0 spiro atoms. The number of nitrogens with zero attached hydrogens (tertiary/aromatic N) is 6. The van der Waals surface area contributed by atoms with Crippen molar-refractivity contribution < 1.29 is 14.3 Å². The molecule has 1 aliphatic rings. The van der Waals surface area contributed by atoms with E-state index in [4.69, 9.17) is 4.74 Å². The summed E-state index contributed by atoms with van der Waals surface area (Å²) in [6.45, 7) is 0. The minimum absolute atomic E-state index is 0.277. The van der Waals surface area contributed by atoms with Gasteiger partial charge in [-0.2, -0.15) is 4.68 Å². The number of rotatable bonds is 5. The first-order chi connectivity index (χ1) is 18.1. The zero-order valence-corrected chi connectivity index (χ0v) is 19.8. The number of aromatic nitrogens is 5. The highest BCUT2D eigenvalue weighted by atomic mass is 16.5. The second kappa shape index (κ2) is 9.15. The number of fused-ring (bicyclic) bond motifs is 3. The van der Waals surface area contributed by atoms with Crippen LogP contribution in [0.4, 0.5) is 17.1 Å². The normalized spacial score (nSPS) is 13.3. The van der Waals surface area contributed by atoms with Gasteiger partial charge in [-0.05, 0) is 40.1 Å². The summed E-state index contributed by atoms with van der Waals surface area (Å²) in [6.07, 6.45) is 1.75. The molecule has 0 aliphatic carbocycles. The molecule has 0 radical (unpaired) electrons. The third-order valence-electron chi connectivity index (χ3n) is 6.26. The molecule has 0 unspecified atom stereocenters. The Morgan fingerprint density at radius 3 is 2.65 bits per heavy atom. The van der Waals surface area contributed by atoms with Crippen LogP contribution in [0.25, 0.3) is 16.6 Å². The van der Waals surface area contributed by atoms with E-state index in [0.29, 0.717) is 35.1 Å². The molecule has 5 aromatic rings. The van der Waals surface area contributed by atoms with Crippen LogP contribution in [-0.4, -0.2) is 44.1 Å². The van der Waals surface area contributed by atoms with Crippen LogP contribution in [0.1, 0.15) is 17.8 Å². The van der Waals surface area contributed by atoms with E-state index in [1.165, 1.54) is 4.90 Å². The molecule has 0 saturated heterocycles. The van der Waals surface area contributed by atoms with Gasteiger partial charge in [-0.1, -0.05) is 48.5 Å². The number of carbonyl (C=O) groups is 2. The zero-order chi connectivity index (χ0) is 25.4. The van der Waals surface area contributed by atoms with Gasteiger partial charge in [-0.15, -0.1) is 5.10 Å². The standard InChI is InChI=1S/C27H21N7O3/c1-37-22-9-5-3-7-18(22)14-24-30-31-32-34(24)23-13-11-19(16-28-23)33-21-12-10-17-6-2-4-8-20(17)27(21)29-25(35)15-26(33)36/h2-13,16H,14-15H2,1H3,(H,29,35). The Kier molecular flexibility index (Phi) is 5.53. The van der Waals surface area contributed by atoms with Gasteiger partial charge in [0.15, 0.2) is 11.6 Å². The first-order valence-electron chi connectivity index (χ1n) is 11.6. The minimum atomic E-state index is -0.357. The molecule has 0 bridgehead atoms. The fourth-order valence-corrected chi connectivity index (χ4v) is 4.54. The second-order valence-electron chi connectivity index (χ2n) is 8.51. The molecular weight excluding hydrogens is 470 g/mol. The molecule has 10 nitrogen and oxygen atoms in total. The van der Waals surface area contributed by atoms with Gasteiger partial charge in [0.25, 0.3) is 0 Å². The number of methoxy groups -OCH3 is 1. The van der Waals surface area contributed by atoms with E-state index < -0.39 is 0 Å². The van der Waals surface area contributed by atoms with Gasteiger partial charge in [0.2, 0.25) is 11.8 Å². The molecule has 3 heterocycles. The van der Waals surface area contributed by atoms with Crippen LogP contribution in [0.15, 0.2) is 79.0 Å². The van der Waals surface area contributed by atoms with Crippen molar-refractivity contribution in [2.24, 2.45) is 0 Å². The Labute approximate surface area is 211 Å². The maximum atomic E-state index is 13.1. The van der Waals surface area contributed by atoms with Crippen LogP contribution >= 0.6 is 0 Å². The fraction of sp³-hybridized carbons (Fsp3) is 0.111. The summed E-state index contributed by atoms with van der Waals surface area (Å²) < 4.78 is 6.99. The number of pyridine rings is 1. The summed E-state index contributed by atoms with van der Waals surface area (Å²) in [7, 11) is 1.62. The van der Waals surface area contributed by atoms with Crippen LogP contribution in [0.2, 0.25) is 0 Å². The number of benzene rings is 3. The quantitative estimate of drug-likeness (QED) is 0.372. The summed E-state index contributed by atoms with van der Waals surface area (Å²) >= 11 is 0. The molecule has 182 valence electrons. The molecule has 2 amide bonds. The highest BCUT2D eigenvalue weighted by Gasteiger charge is 2.29. The van der Waals surface area contributed by atoms with Crippen molar-refractivity contribution >= 4 is 39.6 Å². The van der Waals surface area contributed by atoms with Crippen molar-refractivity contribution in [3.05, 3.63) is 90.4 Å². The van der Waals surface area contributed by atoms with Gasteiger partial charge < -0.3 is 10.1 Å². The monoisotopic (exact) mass is 491 g/mol. The summed E-state index contributed by atoms with van der Waals surface area (Å²) in [5, 5.41) is 16.8. The number of hydrogen-bond donors (Lipinski definition) is 1. The van der Waals surface area contributed by atoms with Gasteiger partial charge in [0.1, 0.15) is 12.2 Å². The molecular formula is C27H21N7O3. The number of para-hydroxylation sites is 1. The van der Waals surface area contributed by atoms with Crippen molar-refractivity contribution in [3.63, 3.8) is 0 Å². The zero-order valence-electron chi connectivity index (χ0n) is 19.8. The summed E-state index contributed by atoms with van der Waals surface area (Å²) in [6, 6.07) is 22.7. The van der Waals surface area contributed by atoms with Crippen molar-refractivity contribution in [1.82, 2.24) is 25.2 Å². The van der Waals surface area contributed by atoms with Crippen LogP contribution < -0.4 is 15.0 Å². The SMILES string of the molecule is COc1ccccc1Cc1nnnn1-c1ccc(N2C(=O)CC(=O)Nc3c2ccc2ccccc32)cn1. The number of ether oxygens (including phenoxy) is 1. The highest BCUT2D eigenvalue weighted by molar-refractivity contribution is 6.21. The predicted molar refractivity (Wildman–Crippen MR) is 137 cm³/mol. The number of carbonyl (C=O) groups excluding carboxylic acids is 2.